The largest absolute Gasteiger partial charge is 0.493 e. The molecule has 3 rings (SSSR count). The molecule has 0 aliphatic heterocycles. The lowest BCUT2D eigenvalue weighted by atomic mass is 10.1. The number of hydrogen-bond acceptors (Lipinski definition) is 12. The first-order valence-corrected chi connectivity index (χ1v) is 10.6. The van der Waals surface area contributed by atoms with E-state index in [2.05, 4.69) is 0 Å². The smallest absolute Gasteiger partial charge is 0.308 e. The van der Waals surface area contributed by atoms with Gasteiger partial charge in [0.1, 0.15) is 11.0 Å². The summed E-state index contributed by atoms with van der Waals surface area (Å²) in [4.78, 5) is 60.4. The normalized spacial score (nSPS) is 10.4. The molecule has 12 heteroatoms. The molecule has 0 amide bonds. The van der Waals surface area contributed by atoms with Crippen LogP contribution in [0.3, 0.4) is 0 Å². The third kappa shape index (κ3) is 5.69. The summed E-state index contributed by atoms with van der Waals surface area (Å²) in [6, 6.07) is 5.40. The molecule has 194 valence electrons. The lowest BCUT2D eigenvalue weighted by Gasteiger charge is -2.16. The van der Waals surface area contributed by atoms with E-state index in [1.807, 2.05) is 0 Å². The molecule has 0 N–H and O–H groups in total. The van der Waals surface area contributed by atoms with Gasteiger partial charge in [-0.2, -0.15) is 0 Å². The molecular formula is C25H22O12. The number of hydrogen-bond donors (Lipinski definition) is 0. The summed E-state index contributed by atoms with van der Waals surface area (Å²) in [6.45, 7) is 4.51. The zero-order valence-corrected chi connectivity index (χ0v) is 20.7. The third-order valence-corrected chi connectivity index (χ3v) is 4.65. The van der Waals surface area contributed by atoms with Crippen molar-refractivity contribution in [3.8, 4) is 45.8 Å². The number of esters is 4. The molecule has 0 atom stereocenters. The first-order valence-electron chi connectivity index (χ1n) is 10.6. The standard InChI is InChI=1S/C25H22O12/c1-11(26)33-16-8-7-15(9-17(16)31-5)22-25(36-14(4)29)21(30)20-18(37-22)10-19(34-12(2)27)23(32-6)24(20)35-13(3)28/h7-10H,1-6H3. The van der Waals surface area contributed by atoms with E-state index in [1.54, 1.807) is 0 Å². The van der Waals surface area contributed by atoms with Crippen LogP contribution in [0.1, 0.15) is 27.7 Å². The third-order valence-electron chi connectivity index (χ3n) is 4.65. The molecule has 0 spiro atoms. The Morgan fingerprint density at radius 1 is 0.649 bits per heavy atom. The first kappa shape index (κ1) is 26.7. The molecule has 0 aliphatic rings. The maximum atomic E-state index is 13.6. The van der Waals surface area contributed by atoms with Gasteiger partial charge in [-0.3, -0.25) is 24.0 Å². The Kier molecular flexibility index (Phi) is 7.81. The Labute approximate surface area is 209 Å². The maximum Gasteiger partial charge on any atom is 0.308 e. The second-order valence-corrected chi connectivity index (χ2v) is 7.44. The van der Waals surface area contributed by atoms with E-state index >= 15 is 0 Å². The van der Waals surface area contributed by atoms with Crippen molar-refractivity contribution in [1.82, 2.24) is 0 Å². The van der Waals surface area contributed by atoms with Gasteiger partial charge in [-0.25, -0.2) is 0 Å². The van der Waals surface area contributed by atoms with Crippen LogP contribution in [0, 0.1) is 0 Å². The Bertz CT molecular complexity index is 1480. The molecule has 0 aliphatic carbocycles. The van der Waals surface area contributed by atoms with Crippen LogP contribution < -0.4 is 33.8 Å². The Hall–Kier alpha value is -4.87. The zero-order chi connectivity index (χ0) is 27.4. The van der Waals surface area contributed by atoms with Crippen molar-refractivity contribution in [2.24, 2.45) is 0 Å². The van der Waals surface area contributed by atoms with Crippen molar-refractivity contribution in [2.45, 2.75) is 27.7 Å². The highest BCUT2D eigenvalue weighted by Gasteiger charge is 2.28. The summed E-state index contributed by atoms with van der Waals surface area (Å²) in [7, 11) is 2.54. The van der Waals surface area contributed by atoms with E-state index in [0.717, 1.165) is 20.8 Å². The fourth-order valence-corrected chi connectivity index (χ4v) is 3.40. The van der Waals surface area contributed by atoms with Gasteiger partial charge in [-0.1, -0.05) is 0 Å². The fourth-order valence-electron chi connectivity index (χ4n) is 3.40. The summed E-state index contributed by atoms with van der Waals surface area (Å²) < 4.78 is 37.1. The van der Waals surface area contributed by atoms with Crippen LogP contribution in [0.2, 0.25) is 0 Å². The monoisotopic (exact) mass is 514 g/mol. The van der Waals surface area contributed by atoms with Crippen LogP contribution >= 0.6 is 0 Å². The van der Waals surface area contributed by atoms with Gasteiger partial charge in [0, 0.05) is 39.3 Å². The zero-order valence-electron chi connectivity index (χ0n) is 20.7. The van der Waals surface area contributed by atoms with Gasteiger partial charge in [0.05, 0.1) is 14.2 Å². The van der Waals surface area contributed by atoms with Crippen molar-refractivity contribution >= 4 is 34.8 Å². The van der Waals surface area contributed by atoms with Gasteiger partial charge in [0.25, 0.3) is 0 Å². The van der Waals surface area contributed by atoms with Gasteiger partial charge in [-0.05, 0) is 18.2 Å². The number of methoxy groups -OCH3 is 2. The van der Waals surface area contributed by atoms with E-state index in [1.165, 1.54) is 45.4 Å². The molecular weight excluding hydrogens is 492 g/mol. The van der Waals surface area contributed by atoms with Crippen molar-refractivity contribution in [1.29, 1.82) is 0 Å². The lowest BCUT2D eigenvalue weighted by Crippen LogP contribution is -2.16. The van der Waals surface area contributed by atoms with E-state index in [9.17, 15) is 24.0 Å². The van der Waals surface area contributed by atoms with Crippen molar-refractivity contribution in [3.05, 3.63) is 34.5 Å². The van der Waals surface area contributed by atoms with E-state index in [4.69, 9.17) is 32.8 Å². The molecule has 1 aromatic heterocycles. The number of carbonyl (C=O) groups is 4. The van der Waals surface area contributed by atoms with E-state index < -0.39 is 40.8 Å². The summed E-state index contributed by atoms with van der Waals surface area (Å²) in [5.74, 6) is -4.35. The Morgan fingerprint density at radius 3 is 1.76 bits per heavy atom. The van der Waals surface area contributed by atoms with Gasteiger partial charge in [-0.15, -0.1) is 0 Å². The molecule has 12 nitrogen and oxygen atoms in total. The second kappa shape index (κ2) is 10.8. The summed E-state index contributed by atoms with van der Waals surface area (Å²) >= 11 is 0. The van der Waals surface area contributed by atoms with E-state index in [0.29, 0.717) is 0 Å². The van der Waals surface area contributed by atoms with Crippen molar-refractivity contribution < 1.29 is 52.0 Å². The SMILES string of the molecule is COc1cc(-c2oc3cc(OC(C)=O)c(OC)c(OC(C)=O)c3c(=O)c2OC(C)=O)ccc1OC(C)=O. The average molecular weight is 514 g/mol. The van der Waals surface area contributed by atoms with Gasteiger partial charge < -0.3 is 32.8 Å². The number of rotatable bonds is 7. The second-order valence-electron chi connectivity index (χ2n) is 7.44. The molecule has 0 saturated carbocycles. The molecule has 2 aromatic carbocycles. The number of benzene rings is 2. The summed E-state index contributed by atoms with van der Waals surface area (Å²) in [6.07, 6.45) is 0. The average Bonchev–Trinajstić information content (AvgIpc) is 2.79. The molecule has 0 saturated heterocycles. The Balaban J connectivity index is 2.44. The topological polar surface area (TPSA) is 154 Å². The van der Waals surface area contributed by atoms with Gasteiger partial charge >= 0.3 is 23.9 Å². The van der Waals surface area contributed by atoms with Crippen LogP contribution in [-0.2, 0) is 19.2 Å². The van der Waals surface area contributed by atoms with Crippen LogP contribution in [0.15, 0.2) is 33.5 Å². The summed E-state index contributed by atoms with van der Waals surface area (Å²) in [5, 5.41) is -0.313. The highest BCUT2D eigenvalue weighted by Crippen LogP contribution is 2.45. The lowest BCUT2D eigenvalue weighted by molar-refractivity contribution is -0.133. The minimum Gasteiger partial charge on any atom is -0.493 e. The van der Waals surface area contributed by atoms with E-state index in [-0.39, 0.29) is 45.3 Å². The van der Waals surface area contributed by atoms with Gasteiger partial charge in [0.15, 0.2) is 28.8 Å². The highest BCUT2D eigenvalue weighted by atomic mass is 16.6. The number of ether oxygens (including phenoxy) is 6. The fraction of sp³-hybridized carbons (Fsp3) is 0.240. The minimum absolute atomic E-state index is 0.0925. The molecule has 0 unspecified atom stereocenters. The van der Waals surface area contributed by atoms with Gasteiger partial charge in [0.2, 0.25) is 16.9 Å². The molecule has 37 heavy (non-hydrogen) atoms. The van der Waals surface area contributed by atoms with Crippen LogP contribution in [0.4, 0.5) is 0 Å². The summed E-state index contributed by atoms with van der Waals surface area (Å²) in [5.41, 5.74) is -0.882. The maximum absolute atomic E-state index is 13.6. The highest BCUT2D eigenvalue weighted by molar-refractivity contribution is 5.95. The van der Waals surface area contributed by atoms with Crippen LogP contribution in [0.5, 0.6) is 34.5 Å². The molecule has 0 fully saturated rings. The molecule has 1 heterocycles. The predicted octanol–water partition coefficient (Wildman–Crippen LogP) is 3.18. The first-order chi connectivity index (χ1) is 17.5. The number of carbonyl (C=O) groups excluding carboxylic acids is 4. The number of fused-ring (bicyclic) bond motifs is 1. The van der Waals surface area contributed by atoms with Crippen LogP contribution in [-0.4, -0.2) is 38.1 Å². The predicted molar refractivity (Wildman–Crippen MR) is 126 cm³/mol. The van der Waals surface area contributed by atoms with Crippen molar-refractivity contribution in [3.63, 3.8) is 0 Å². The molecule has 3 aromatic rings. The Morgan fingerprint density at radius 2 is 1.22 bits per heavy atom. The molecule has 0 radical (unpaired) electrons. The van der Waals surface area contributed by atoms with Crippen LogP contribution in [0.25, 0.3) is 22.3 Å². The minimum atomic E-state index is -0.890. The quantitative estimate of drug-likeness (QED) is 0.336. The molecule has 0 bridgehead atoms. The van der Waals surface area contributed by atoms with Crippen molar-refractivity contribution in [2.75, 3.05) is 14.2 Å².